The fraction of sp³-hybridized carbons (Fsp3) is 0.833. The molecule has 1 N–H and O–H groups in total. The molecule has 0 aromatic rings. The molecule has 3 heteroatoms. The fourth-order valence-electron chi connectivity index (χ4n) is 0.982. The number of carbonyl (C=O) groups excluding carboxylic acids is 1. The van der Waals surface area contributed by atoms with Gasteiger partial charge in [-0.25, -0.2) is 4.39 Å². The number of halogens is 1. The second-order valence-corrected chi connectivity index (χ2v) is 2.39. The van der Waals surface area contributed by atoms with Crippen LogP contribution >= 0.6 is 0 Å². The van der Waals surface area contributed by atoms with Crippen LogP contribution in [-0.2, 0) is 4.79 Å². The predicted octanol–water partition coefficient (Wildman–Crippen LogP) is 0.623. The summed E-state index contributed by atoms with van der Waals surface area (Å²) in [7, 11) is 0. The normalized spacial score (nSPS) is 30.0. The third-order valence-corrected chi connectivity index (χ3v) is 1.58. The van der Waals surface area contributed by atoms with E-state index in [1.54, 1.807) is 0 Å². The monoisotopic (exact) mass is 131 g/mol. The number of alkyl halides is 1. The summed E-state index contributed by atoms with van der Waals surface area (Å²) in [6.07, 6.45) is 0.228. The van der Waals surface area contributed by atoms with Crippen LogP contribution in [0, 0.1) is 0 Å². The van der Waals surface area contributed by atoms with E-state index in [1.807, 2.05) is 0 Å². The van der Waals surface area contributed by atoms with Crippen LogP contribution in [0.15, 0.2) is 0 Å². The third kappa shape index (κ3) is 1.40. The lowest BCUT2D eigenvalue weighted by atomic mass is 10.1. The molecule has 1 fully saturated rings. The quantitative estimate of drug-likeness (QED) is 0.555. The molecule has 52 valence electrons. The Morgan fingerprint density at radius 1 is 1.89 bits per heavy atom. The minimum Gasteiger partial charge on any atom is -0.350 e. The minimum absolute atomic E-state index is 0.0236. The van der Waals surface area contributed by atoms with Crippen molar-refractivity contribution in [2.24, 2.45) is 0 Å². The van der Waals surface area contributed by atoms with E-state index in [0.29, 0.717) is 12.8 Å². The maximum atomic E-state index is 12.4. The van der Waals surface area contributed by atoms with E-state index < -0.39 is 6.17 Å². The van der Waals surface area contributed by atoms with Crippen LogP contribution < -0.4 is 5.32 Å². The molecule has 1 aliphatic heterocycles. The van der Waals surface area contributed by atoms with Crippen molar-refractivity contribution in [3.63, 3.8) is 0 Å². The highest BCUT2D eigenvalue weighted by Crippen LogP contribution is 2.11. The summed E-state index contributed by atoms with van der Waals surface area (Å²) in [6.45, 7) is 1.47. The van der Waals surface area contributed by atoms with Crippen LogP contribution in [0.5, 0.6) is 0 Å². The van der Waals surface area contributed by atoms with Gasteiger partial charge in [-0.2, -0.15) is 0 Å². The number of hydrogen-bond acceptors (Lipinski definition) is 1. The first-order valence-corrected chi connectivity index (χ1v) is 3.13. The van der Waals surface area contributed by atoms with Gasteiger partial charge >= 0.3 is 0 Å². The van der Waals surface area contributed by atoms with Gasteiger partial charge in [-0.3, -0.25) is 4.79 Å². The Hall–Kier alpha value is -0.600. The van der Waals surface area contributed by atoms with Gasteiger partial charge in [-0.1, -0.05) is 0 Å². The van der Waals surface area contributed by atoms with Crippen LogP contribution in [0.25, 0.3) is 0 Å². The second-order valence-electron chi connectivity index (χ2n) is 2.39. The summed E-state index contributed by atoms with van der Waals surface area (Å²) >= 11 is 0. The molecule has 0 saturated carbocycles. The molecule has 2 atom stereocenters. The van der Waals surface area contributed by atoms with Gasteiger partial charge in [0.1, 0.15) is 6.17 Å². The highest BCUT2D eigenvalue weighted by molar-refractivity contribution is 5.78. The molecule has 1 heterocycles. The molecule has 0 aromatic carbocycles. The lowest BCUT2D eigenvalue weighted by Crippen LogP contribution is -2.32. The molecule has 1 saturated heterocycles. The van der Waals surface area contributed by atoms with Crippen molar-refractivity contribution < 1.29 is 9.18 Å². The Labute approximate surface area is 53.4 Å². The van der Waals surface area contributed by atoms with E-state index in [-0.39, 0.29) is 11.9 Å². The summed E-state index contributed by atoms with van der Waals surface area (Å²) in [6, 6.07) is -0.225. The van der Waals surface area contributed by atoms with E-state index >= 15 is 0 Å². The summed E-state index contributed by atoms with van der Waals surface area (Å²) in [5.41, 5.74) is 0. The first-order valence-electron chi connectivity index (χ1n) is 3.13. The van der Waals surface area contributed by atoms with E-state index in [2.05, 4.69) is 5.32 Å². The van der Waals surface area contributed by atoms with Crippen LogP contribution in [0.2, 0.25) is 0 Å². The van der Waals surface area contributed by atoms with Crippen LogP contribution in [0.1, 0.15) is 19.8 Å². The van der Waals surface area contributed by atoms with Crippen molar-refractivity contribution >= 4 is 5.91 Å². The van der Waals surface area contributed by atoms with Crippen molar-refractivity contribution in [2.75, 3.05) is 0 Å². The van der Waals surface area contributed by atoms with Crippen molar-refractivity contribution in [1.29, 1.82) is 0 Å². The van der Waals surface area contributed by atoms with E-state index in [1.165, 1.54) is 6.92 Å². The Morgan fingerprint density at radius 3 is 2.78 bits per heavy atom. The van der Waals surface area contributed by atoms with E-state index in [9.17, 15) is 9.18 Å². The molecule has 1 aliphatic rings. The van der Waals surface area contributed by atoms with Crippen molar-refractivity contribution in [1.82, 2.24) is 5.32 Å². The molecule has 1 unspecified atom stereocenters. The maximum Gasteiger partial charge on any atom is 0.220 e. The number of rotatable bonds is 1. The molecule has 9 heavy (non-hydrogen) atoms. The number of carbonyl (C=O) groups is 1. The van der Waals surface area contributed by atoms with E-state index in [4.69, 9.17) is 0 Å². The zero-order chi connectivity index (χ0) is 6.85. The minimum atomic E-state index is -0.906. The standard InChI is InChI=1S/C6H10FNO/c1-4(7)5-2-3-6(9)8-5/h4-5H,2-3H2,1H3,(H,8,9)/t4-,5?/m1/s1. The summed E-state index contributed by atoms with van der Waals surface area (Å²) in [5, 5.41) is 2.54. The zero-order valence-corrected chi connectivity index (χ0v) is 5.36. The highest BCUT2D eigenvalue weighted by Gasteiger charge is 2.25. The average Bonchev–Trinajstić information content (AvgIpc) is 2.14. The molecule has 0 radical (unpaired) electrons. The van der Waals surface area contributed by atoms with Gasteiger partial charge in [0, 0.05) is 6.42 Å². The first kappa shape index (κ1) is 6.52. The SMILES string of the molecule is C[C@@H](F)C1CCC(=O)N1. The second kappa shape index (κ2) is 2.33. The Bertz CT molecular complexity index is 124. The van der Waals surface area contributed by atoms with Gasteiger partial charge < -0.3 is 5.32 Å². The number of hydrogen-bond donors (Lipinski definition) is 1. The van der Waals surface area contributed by atoms with Crippen molar-refractivity contribution in [2.45, 2.75) is 32.0 Å². The van der Waals surface area contributed by atoms with Crippen molar-refractivity contribution in [3.05, 3.63) is 0 Å². The predicted molar refractivity (Wildman–Crippen MR) is 31.7 cm³/mol. The largest absolute Gasteiger partial charge is 0.350 e. The summed E-state index contributed by atoms with van der Waals surface area (Å²) in [5.74, 6) is -0.0236. The molecule has 0 spiro atoms. The average molecular weight is 131 g/mol. The Balaban J connectivity index is 2.39. The zero-order valence-electron chi connectivity index (χ0n) is 5.36. The lowest BCUT2D eigenvalue weighted by molar-refractivity contribution is -0.119. The number of amides is 1. The molecular formula is C6H10FNO. The third-order valence-electron chi connectivity index (χ3n) is 1.58. The smallest absolute Gasteiger partial charge is 0.220 e. The number of nitrogens with one attached hydrogen (secondary N) is 1. The highest BCUT2D eigenvalue weighted by atomic mass is 19.1. The molecular weight excluding hydrogens is 121 g/mol. The Kier molecular flexibility index (Phi) is 1.69. The molecule has 0 bridgehead atoms. The van der Waals surface area contributed by atoms with E-state index in [0.717, 1.165) is 0 Å². The van der Waals surface area contributed by atoms with Gasteiger partial charge in [-0.15, -0.1) is 0 Å². The van der Waals surface area contributed by atoms with Crippen LogP contribution in [-0.4, -0.2) is 18.1 Å². The van der Waals surface area contributed by atoms with Crippen LogP contribution in [0.3, 0.4) is 0 Å². The van der Waals surface area contributed by atoms with Gasteiger partial charge in [0.05, 0.1) is 6.04 Å². The maximum absolute atomic E-state index is 12.4. The van der Waals surface area contributed by atoms with Gasteiger partial charge in [-0.05, 0) is 13.3 Å². The molecule has 0 aromatic heterocycles. The molecule has 1 amide bonds. The van der Waals surface area contributed by atoms with Gasteiger partial charge in [0.2, 0.25) is 5.91 Å². The van der Waals surface area contributed by atoms with Gasteiger partial charge in [0.25, 0.3) is 0 Å². The fourth-order valence-corrected chi connectivity index (χ4v) is 0.982. The van der Waals surface area contributed by atoms with Crippen LogP contribution in [0.4, 0.5) is 4.39 Å². The molecule has 2 nitrogen and oxygen atoms in total. The summed E-state index contributed by atoms with van der Waals surface area (Å²) < 4.78 is 12.4. The topological polar surface area (TPSA) is 29.1 Å². The lowest BCUT2D eigenvalue weighted by Gasteiger charge is -2.09. The molecule has 1 rings (SSSR count). The van der Waals surface area contributed by atoms with Gasteiger partial charge in [0.15, 0.2) is 0 Å². The first-order chi connectivity index (χ1) is 4.20. The Morgan fingerprint density at radius 2 is 2.56 bits per heavy atom. The molecule has 0 aliphatic carbocycles. The van der Waals surface area contributed by atoms with Crippen molar-refractivity contribution in [3.8, 4) is 0 Å². The summed E-state index contributed by atoms with van der Waals surface area (Å²) in [4.78, 5) is 10.5.